The number of rotatable bonds is 6. The first-order valence-electron chi connectivity index (χ1n) is 10.8. The normalized spacial score (nSPS) is 22.7. The Bertz CT molecular complexity index is 724. The van der Waals surface area contributed by atoms with Gasteiger partial charge in [0, 0.05) is 57.8 Å². The molecule has 3 heterocycles. The highest BCUT2D eigenvalue weighted by Gasteiger charge is 2.44. The Kier molecular flexibility index (Phi) is 6.08. The SMILES string of the molecule is O=C1CC2(CCCC2)CC(=O)N1CCCCN1CCN(c2nccc(F)n2)CC1. The Morgan fingerprint density at radius 2 is 1.62 bits per heavy atom. The summed E-state index contributed by atoms with van der Waals surface area (Å²) in [5.74, 6) is 0.0172. The van der Waals surface area contributed by atoms with Gasteiger partial charge in [0.05, 0.1) is 0 Å². The van der Waals surface area contributed by atoms with Crippen molar-refractivity contribution in [2.75, 3.05) is 44.2 Å². The average Bonchev–Trinajstić information content (AvgIpc) is 3.14. The molecule has 1 spiro atoms. The average molecular weight is 404 g/mol. The maximum Gasteiger partial charge on any atom is 0.229 e. The van der Waals surface area contributed by atoms with E-state index in [-0.39, 0.29) is 17.2 Å². The highest BCUT2D eigenvalue weighted by molar-refractivity contribution is 5.98. The van der Waals surface area contributed by atoms with Crippen LogP contribution in [0.15, 0.2) is 12.3 Å². The predicted molar refractivity (Wildman–Crippen MR) is 107 cm³/mol. The molecule has 3 fully saturated rings. The molecule has 3 aliphatic rings. The van der Waals surface area contributed by atoms with Gasteiger partial charge in [-0.05, 0) is 37.6 Å². The molecule has 8 heteroatoms. The zero-order chi connectivity index (χ0) is 20.3. The topological polar surface area (TPSA) is 69.6 Å². The zero-order valence-corrected chi connectivity index (χ0v) is 17.0. The first-order chi connectivity index (χ1) is 14.0. The molecular weight excluding hydrogens is 373 g/mol. The molecule has 0 N–H and O–H groups in total. The summed E-state index contributed by atoms with van der Waals surface area (Å²) in [5.41, 5.74) is -0.0181. The van der Waals surface area contributed by atoms with E-state index in [1.165, 1.54) is 17.2 Å². The van der Waals surface area contributed by atoms with Gasteiger partial charge in [-0.15, -0.1) is 0 Å². The summed E-state index contributed by atoms with van der Waals surface area (Å²) < 4.78 is 13.3. The molecule has 1 aliphatic carbocycles. The number of piperazine rings is 1. The zero-order valence-electron chi connectivity index (χ0n) is 17.0. The van der Waals surface area contributed by atoms with E-state index in [1.807, 2.05) is 4.90 Å². The number of carbonyl (C=O) groups excluding carboxylic acids is 2. The lowest BCUT2D eigenvalue weighted by Crippen LogP contribution is -2.48. The number of nitrogens with zero attached hydrogens (tertiary/aromatic N) is 5. The number of hydrogen-bond acceptors (Lipinski definition) is 6. The number of carbonyl (C=O) groups is 2. The third-order valence-corrected chi connectivity index (χ3v) is 6.69. The Labute approximate surface area is 171 Å². The minimum Gasteiger partial charge on any atom is -0.338 e. The lowest BCUT2D eigenvalue weighted by atomic mass is 9.76. The van der Waals surface area contributed by atoms with Crippen molar-refractivity contribution in [2.24, 2.45) is 5.41 Å². The smallest absolute Gasteiger partial charge is 0.229 e. The van der Waals surface area contributed by atoms with Crippen LogP contribution >= 0.6 is 0 Å². The molecule has 0 aromatic carbocycles. The fraction of sp³-hybridized carbons (Fsp3) is 0.714. The molecule has 158 valence electrons. The monoisotopic (exact) mass is 403 g/mol. The highest BCUT2D eigenvalue weighted by atomic mass is 19.1. The summed E-state index contributed by atoms with van der Waals surface area (Å²) in [6.45, 7) is 4.79. The van der Waals surface area contributed by atoms with Gasteiger partial charge in [-0.3, -0.25) is 19.4 Å². The molecule has 4 rings (SSSR count). The fourth-order valence-corrected chi connectivity index (χ4v) is 5.02. The predicted octanol–water partition coefficient (Wildman–Crippen LogP) is 2.23. The van der Waals surface area contributed by atoms with Crippen LogP contribution in [0, 0.1) is 11.4 Å². The van der Waals surface area contributed by atoms with E-state index in [2.05, 4.69) is 14.9 Å². The number of piperidine rings is 1. The van der Waals surface area contributed by atoms with Crippen LogP contribution in [0.1, 0.15) is 51.4 Å². The van der Waals surface area contributed by atoms with E-state index >= 15 is 0 Å². The summed E-state index contributed by atoms with van der Waals surface area (Å²) >= 11 is 0. The number of anilines is 1. The van der Waals surface area contributed by atoms with Gasteiger partial charge in [0.25, 0.3) is 0 Å². The second-order valence-corrected chi connectivity index (χ2v) is 8.71. The van der Waals surface area contributed by atoms with Crippen LogP contribution in [-0.4, -0.2) is 70.9 Å². The molecule has 29 heavy (non-hydrogen) atoms. The first kappa shape index (κ1) is 20.2. The molecule has 0 bridgehead atoms. The van der Waals surface area contributed by atoms with Gasteiger partial charge < -0.3 is 4.90 Å². The first-order valence-corrected chi connectivity index (χ1v) is 10.8. The van der Waals surface area contributed by atoms with E-state index in [0.29, 0.717) is 25.3 Å². The van der Waals surface area contributed by atoms with Gasteiger partial charge in [-0.25, -0.2) is 4.98 Å². The Balaban J connectivity index is 1.16. The van der Waals surface area contributed by atoms with Gasteiger partial charge in [0.15, 0.2) is 0 Å². The number of halogens is 1. The van der Waals surface area contributed by atoms with E-state index in [1.54, 1.807) is 0 Å². The van der Waals surface area contributed by atoms with Crippen LogP contribution in [0.3, 0.4) is 0 Å². The van der Waals surface area contributed by atoms with Crippen molar-refractivity contribution < 1.29 is 14.0 Å². The van der Waals surface area contributed by atoms with Crippen LogP contribution in [0.5, 0.6) is 0 Å². The molecule has 0 unspecified atom stereocenters. The number of hydrogen-bond donors (Lipinski definition) is 0. The van der Waals surface area contributed by atoms with Crippen molar-refractivity contribution in [1.29, 1.82) is 0 Å². The van der Waals surface area contributed by atoms with Crippen LogP contribution in [0.4, 0.5) is 10.3 Å². The molecule has 1 aromatic heterocycles. The minimum absolute atomic E-state index is 0.0181. The lowest BCUT2D eigenvalue weighted by Gasteiger charge is -2.37. The Morgan fingerprint density at radius 3 is 2.28 bits per heavy atom. The Hall–Kier alpha value is -2.09. The van der Waals surface area contributed by atoms with E-state index < -0.39 is 5.95 Å². The van der Waals surface area contributed by atoms with Crippen molar-refractivity contribution in [1.82, 2.24) is 19.8 Å². The highest BCUT2D eigenvalue weighted by Crippen LogP contribution is 2.46. The van der Waals surface area contributed by atoms with Crippen LogP contribution in [0.2, 0.25) is 0 Å². The van der Waals surface area contributed by atoms with E-state index in [9.17, 15) is 14.0 Å². The van der Waals surface area contributed by atoms with Crippen LogP contribution in [0.25, 0.3) is 0 Å². The molecule has 7 nitrogen and oxygen atoms in total. The van der Waals surface area contributed by atoms with E-state index in [4.69, 9.17) is 0 Å². The van der Waals surface area contributed by atoms with E-state index in [0.717, 1.165) is 71.2 Å². The number of unbranched alkanes of at least 4 members (excludes halogenated alkanes) is 1. The second kappa shape index (κ2) is 8.73. The Morgan fingerprint density at radius 1 is 0.966 bits per heavy atom. The largest absolute Gasteiger partial charge is 0.338 e. The van der Waals surface area contributed by atoms with Gasteiger partial charge >= 0.3 is 0 Å². The molecular formula is C21H30FN5O2. The molecule has 1 saturated carbocycles. The quantitative estimate of drug-likeness (QED) is 0.412. The summed E-state index contributed by atoms with van der Waals surface area (Å²) in [6.07, 6.45) is 8.73. The van der Waals surface area contributed by atoms with Gasteiger partial charge in [-0.1, -0.05) is 12.8 Å². The lowest BCUT2D eigenvalue weighted by molar-refractivity contribution is -0.153. The summed E-state index contributed by atoms with van der Waals surface area (Å²) in [5, 5.41) is 0. The number of amides is 2. The van der Waals surface area contributed by atoms with Crippen molar-refractivity contribution in [3.05, 3.63) is 18.2 Å². The summed E-state index contributed by atoms with van der Waals surface area (Å²) in [7, 11) is 0. The minimum atomic E-state index is -0.502. The van der Waals surface area contributed by atoms with Crippen molar-refractivity contribution >= 4 is 17.8 Å². The summed E-state index contributed by atoms with van der Waals surface area (Å²) in [6, 6.07) is 1.26. The molecule has 0 atom stereocenters. The number of aromatic nitrogens is 2. The van der Waals surface area contributed by atoms with Gasteiger partial charge in [0.2, 0.25) is 23.7 Å². The molecule has 0 radical (unpaired) electrons. The third kappa shape index (κ3) is 4.74. The second-order valence-electron chi connectivity index (χ2n) is 8.71. The third-order valence-electron chi connectivity index (χ3n) is 6.69. The molecule has 2 amide bonds. The fourth-order valence-electron chi connectivity index (χ4n) is 5.02. The number of imide groups is 1. The van der Waals surface area contributed by atoms with Crippen LogP contribution in [-0.2, 0) is 9.59 Å². The molecule has 2 aliphatic heterocycles. The maximum atomic E-state index is 13.3. The van der Waals surface area contributed by atoms with Gasteiger partial charge in [0.1, 0.15) is 0 Å². The van der Waals surface area contributed by atoms with Crippen LogP contribution < -0.4 is 4.90 Å². The van der Waals surface area contributed by atoms with Crippen molar-refractivity contribution in [3.8, 4) is 0 Å². The standard InChI is InChI=1S/C21H30FN5O2/c22-17-5-8-23-20(24-17)26-13-11-25(12-14-26)9-3-4-10-27-18(28)15-21(16-19(27)29)6-1-2-7-21/h5,8H,1-4,6-7,9-16H2. The molecule has 1 aromatic rings. The molecule has 2 saturated heterocycles. The summed E-state index contributed by atoms with van der Waals surface area (Å²) in [4.78, 5) is 38.9. The van der Waals surface area contributed by atoms with Crippen molar-refractivity contribution in [3.63, 3.8) is 0 Å². The van der Waals surface area contributed by atoms with Gasteiger partial charge in [-0.2, -0.15) is 9.37 Å². The maximum absolute atomic E-state index is 13.3. The number of likely N-dealkylation sites (tertiary alicyclic amines) is 1. The van der Waals surface area contributed by atoms with Crippen molar-refractivity contribution in [2.45, 2.75) is 51.4 Å².